The highest BCUT2D eigenvalue weighted by Crippen LogP contribution is 2.27. The zero-order valence-corrected chi connectivity index (χ0v) is 10.3. The van der Waals surface area contributed by atoms with Crippen molar-refractivity contribution < 1.29 is 4.43 Å². The summed E-state index contributed by atoms with van der Waals surface area (Å²) < 4.78 is 0.997. The van der Waals surface area contributed by atoms with Crippen LogP contribution in [0.1, 0.15) is 5.69 Å². The molecule has 2 rings (SSSR count). The van der Waals surface area contributed by atoms with E-state index in [2.05, 4.69) is 0 Å². The molecule has 0 spiro atoms. The summed E-state index contributed by atoms with van der Waals surface area (Å²) >= 11 is 17.2. The average Bonchev–Trinajstić information content (AvgIpc) is 2.26. The SMILES string of the molecule is Cc1c(Cl)[n+](=O)c2cc(Cl)c(Cl)cc2n1[O-]. The monoisotopic (exact) mass is 278 g/mol. The number of nitrogens with zero attached hydrogens (tertiary/aromatic N) is 2. The molecule has 0 aliphatic heterocycles. The fraction of sp³-hybridized carbons (Fsp3) is 0.111. The molecule has 16 heavy (non-hydrogen) atoms. The van der Waals surface area contributed by atoms with Crippen LogP contribution in [-0.2, 0) is 0 Å². The van der Waals surface area contributed by atoms with Crippen LogP contribution in [0.4, 0.5) is 0 Å². The predicted octanol–water partition coefficient (Wildman–Crippen LogP) is 3.17. The maximum atomic E-state index is 11.7. The third kappa shape index (κ3) is 1.54. The van der Waals surface area contributed by atoms with E-state index >= 15 is 0 Å². The Labute approximate surface area is 105 Å². The van der Waals surface area contributed by atoms with Gasteiger partial charge < -0.3 is 9.94 Å². The van der Waals surface area contributed by atoms with E-state index in [0.717, 1.165) is 0 Å². The van der Waals surface area contributed by atoms with Gasteiger partial charge in [0, 0.05) is 11.0 Å². The van der Waals surface area contributed by atoms with E-state index in [1.165, 1.54) is 19.1 Å². The lowest BCUT2D eigenvalue weighted by molar-refractivity contribution is -0.462. The first-order valence-corrected chi connectivity index (χ1v) is 5.37. The molecule has 0 aliphatic rings. The molecule has 0 unspecified atom stereocenters. The van der Waals surface area contributed by atoms with Crippen LogP contribution in [0.2, 0.25) is 15.2 Å². The maximum Gasteiger partial charge on any atom is 0.350 e. The first-order valence-electron chi connectivity index (χ1n) is 4.23. The number of benzene rings is 1. The number of hydrogen-bond donors (Lipinski definition) is 0. The Morgan fingerprint density at radius 2 is 1.81 bits per heavy atom. The topological polar surface area (TPSA) is 51.0 Å². The average molecular weight is 280 g/mol. The van der Waals surface area contributed by atoms with Gasteiger partial charge in [0.25, 0.3) is 5.52 Å². The van der Waals surface area contributed by atoms with Crippen molar-refractivity contribution in [1.29, 1.82) is 0 Å². The Kier molecular flexibility index (Phi) is 2.74. The summed E-state index contributed by atoms with van der Waals surface area (Å²) in [4.78, 5) is 11.7. The minimum Gasteiger partial charge on any atom is -0.805 e. The van der Waals surface area contributed by atoms with Crippen LogP contribution in [0.3, 0.4) is 0 Å². The van der Waals surface area contributed by atoms with Gasteiger partial charge in [-0.25, -0.2) is 0 Å². The third-order valence-electron chi connectivity index (χ3n) is 2.24. The molecule has 84 valence electrons. The van der Waals surface area contributed by atoms with Gasteiger partial charge in [-0.3, -0.25) is 0 Å². The van der Waals surface area contributed by atoms with Crippen molar-refractivity contribution in [2.24, 2.45) is 0 Å². The van der Waals surface area contributed by atoms with Gasteiger partial charge in [-0.1, -0.05) is 23.2 Å². The highest BCUT2D eigenvalue weighted by Gasteiger charge is 2.19. The van der Waals surface area contributed by atoms with Crippen LogP contribution in [0.25, 0.3) is 11.0 Å². The quantitative estimate of drug-likeness (QED) is 0.696. The molecule has 0 saturated carbocycles. The second kappa shape index (κ2) is 3.80. The molecule has 0 fully saturated rings. The summed E-state index contributed by atoms with van der Waals surface area (Å²) in [6.07, 6.45) is 0. The lowest BCUT2D eigenvalue weighted by Gasteiger charge is -2.15. The summed E-state index contributed by atoms with van der Waals surface area (Å²) in [5.41, 5.74) is 0.328. The van der Waals surface area contributed by atoms with Gasteiger partial charge in [0.1, 0.15) is 11.2 Å². The van der Waals surface area contributed by atoms with Crippen LogP contribution in [-0.4, -0.2) is 4.73 Å². The molecule has 2 aromatic rings. The molecule has 1 aromatic carbocycles. The molecule has 0 aliphatic carbocycles. The molecular formula is C9H5Cl3N2O2. The van der Waals surface area contributed by atoms with Crippen LogP contribution < -0.4 is 4.43 Å². The van der Waals surface area contributed by atoms with E-state index in [9.17, 15) is 10.1 Å². The number of fused-ring (bicyclic) bond motifs is 1. The number of hydrogen-bond acceptors (Lipinski definition) is 2. The lowest BCUT2D eigenvalue weighted by Crippen LogP contribution is -2.21. The van der Waals surface area contributed by atoms with E-state index in [4.69, 9.17) is 34.8 Å². The molecule has 1 aromatic heterocycles. The summed E-state index contributed by atoms with van der Waals surface area (Å²) in [7, 11) is 0. The van der Waals surface area contributed by atoms with Crippen LogP contribution >= 0.6 is 34.8 Å². The van der Waals surface area contributed by atoms with Gasteiger partial charge in [0.15, 0.2) is 0 Å². The molecule has 0 bridgehead atoms. The molecule has 0 saturated heterocycles. The van der Waals surface area contributed by atoms with Crippen LogP contribution in [0.15, 0.2) is 12.1 Å². The molecule has 0 N–H and O–H groups in total. The summed E-state index contributed by atoms with van der Waals surface area (Å²) in [5, 5.41) is 12.0. The van der Waals surface area contributed by atoms with Gasteiger partial charge in [0.2, 0.25) is 0 Å². The van der Waals surface area contributed by atoms with Gasteiger partial charge in [-0.05, 0) is 24.6 Å². The number of aromatic nitrogens is 2. The molecule has 0 atom stereocenters. The molecule has 4 nitrogen and oxygen atoms in total. The van der Waals surface area contributed by atoms with E-state index in [0.29, 0.717) is 9.16 Å². The lowest BCUT2D eigenvalue weighted by atomic mass is 10.3. The molecule has 0 amide bonds. The predicted molar refractivity (Wildman–Crippen MR) is 63.8 cm³/mol. The first kappa shape index (κ1) is 11.5. The highest BCUT2D eigenvalue weighted by molar-refractivity contribution is 6.42. The Balaban J connectivity index is 3.09. The van der Waals surface area contributed by atoms with Crippen molar-refractivity contribution in [3.05, 3.63) is 43.1 Å². The maximum absolute atomic E-state index is 11.7. The van der Waals surface area contributed by atoms with E-state index in [1.54, 1.807) is 0 Å². The molecule has 0 radical (unpaired) electrons. The van der Waals surface area contributed by atoms with Gasteiger partial charge in [-0.15, -0.1) is 0 Å². The van der Waals surface area contributed by atoms with E-state index in [1.807, 2.05) is 0 Å². The summed E-state index contributed by atoms with van der Waals surface area (Å²) in [5.74, 6) is 0. The minimum atomic E-state index is -0.180. The Morgan fingerprint density at radius 1 is 1.25 bits per heavy atom. The Bertz CT molecular complexity index is 651. The van der Waals surface area contributed by atoms with Crippen molar-refractivity contribution in [3.63, 3.8) is 0 Å². The normalized spacial score (nSPS) is 11.0. The molecule has 1 heterocycles. The fourth-order valence-corrected chi connectivity index (χ4v) is 1.85. The second-order valence-electron chi connectivity index (χ2n) is 3.22. The zero-order valence-electron chi connectivity index (χ0n) is 8.00. The van der Waals surface area contributed by atoms with Crippen molar-refractivity contribution in [2.45, 2.75) is 6.92 Å². The Hall–Kier alpha value is -0.970. The van der Waals surface area contributed by atoms with Gasteiger partial charge in [-0.2, -0.15) is 0 Å². The smallest absolute Gasteiger partial charge is 0.350 e. The van der Waals surface area contributed by atoms with E-state index < -0.39 is 0 Å². The van der Waals surface area contributed by atoms with Crippen molar-refractivity contribution in [3.8, 4) is 0 Å². The fourth-order valence-electron chi connectivity index (χ4n) is 1.37. The van der Waals surface area contributed by atoms with Gasteiger partial charge >= 0.3 is 5.15 Å². The molecule has 7 heteroatoms. The highest BCUT2D eigenvalue weighted by atomic mass is 35.5. The standard InChI is InChI=1S/C9H5Cl3N2O2/c1-4-9(12)14(16)8-3-6(11)5(10)2-7(8)13(4)15/h2-3H,1H3. The number of halogens is 3. The van der Waals surface area contributed by atoms with Crippen LogP contribution in [0.5, 0.6) is 0 Å². The molecular weight excluding hydrogens is 274 g/mol. The minimum absolute atomic E-state index is 0.0833. The third-order valence-corrected chi connectivity index (χ3v) is 3.39. The van der Waals surface area contributed by atoms with Crippen molar-refractivity contribution in [2.75, 3.05) is 0 Å². The van der Waals surface area contributed by atoms with E-state index in [-0.39, 0.29) is 31.9 Å². The van der Waals surface area contributed by atoms with Gasteiger partial charge in [0.05, 0.1) is 14.5 Å². The van der Waals surface area contributed by atoms with Crippen LogP contribution in [0, 0.1) is 17.0 Å². The zero-order chi connectivity index (χ0) is 12.0. The summed E-state index contributed by atoms with van der Waals surface area (Å²) in [6, 6.07) is 2.65. The second-order valence-corrected chi connectivity index (χ2v) is 4.39. The van der Waals surface area contributed by atoms with Crippen molar-refractivity contribution in [1.82, 2.24) is 4.73 Å². The Morgan fingerprint density at radius 3 is 2.44 bits per heavy atom. The number of rotatable bonds is 0. The largest absolute Gasteiger partial charge is 0.805 e. The van der Waals surface area contributed by atoms with Crippen molar-refractivity contribution >= 4 is 45.8 Å². The summed E-state index contributed by atoms with van der Waals surface area (Å²) in [6.45, 7) is 1.45. The first-order chi connectivity index (χ1) is 7.43.